The van der Waals surface area contributed by atoms with Gasteiger partial charge < -0.3 is 15.3 Å². The van der Waals surface area contributed by atoms with E-state index in [2.05, 4.69) is 20.6 Å². The second-order valence-electron chi connectivity index (χ2n) is 7.63. The minimum absolute atomic E-state index is 0.0199. The highest BCUT2D eigenvalue weighted by atomic mass is 19.4. The van der Waals surface area contributed by atoms with Crippen LogP contribution in [0.4, 0.5) is 18.0 Å². The van der Waals surface area contributed by atoms with Crippen LogP contribution in [-0.4, -0.2) is 60.6 Å². The molecule has 3 heterocycles. The molecule has 12 heteroatoms. The first-order valence-corrected chi connectivity index (χ1v) is 9.99. The molecule has 2 amide bonds. The summed E-state index contributed by atoms with van der Waals surface area (Å²) in [5, 5.41) is 19.8. The Hall–Kier alpha value is -3.96. The Labute approximate surface area is 185 Å². The zero-order valence-electron chi connectivity index (χ0n) is 17.1. The summed E-state index contributed by atoms with van der Waals surface area (Å²) < 4.78 is 40.6. The summed E-state index contributed by atoms with van der Waals surface area (Å²) >= 11 is 0. The van der Waals surface area contributed by atoms with Crippen molar-refractivity contribution >= 4 is 12.0 Å². The van der Waals surface area contributed by atoms with Crippen molar-refractivity contribution in [2.45, 2.75) is 31.2 Å². The SMILES string of the molecule is O=C(N[C@@H]1C[C@@H](Cn2ccnn2)N(C(=O)O)C1)c1cc(-c2cccc(C(F)(F)F)c2)ccn1. The molecule has 0 unspecified atom stereocenters. The van der Waals surface area contributed by atoms with E-state index in [0.717, 1.165) is 12.1 Å². The van der Waals surface area contributed by atoms with Crippen LogP contribution in [0.1, 0.15) is 22.5 Å². The van der Waals surface area contributed by atoms with Gasteiger partial charge in [-0.25, -0.2) is 4.79 Å². The number of aromatic nitrogens is 4. The van der Waals surface area contributed by atoms with Crippen molar-refractivity contribution in [3.05, 3.63) is 66.2 Å². The van der Waals surface area contributed by atoms with Crippen LogP contribution >= 0.6 is 0 Å². The minimum atomic E-state index is -4.48. The lowest BCUT2D eigenvalue weighted by Crippen LogP contribution is -2.39. The fourth-order valence-electron chi connectivity index (χ4n) is 3.84. The number of hydrogen-bond donors (Lipinski definition) is 2. The lowest BCUT2D eigenvalue weighted by Gasteiger charge is -2.20. The minimum Gasteiger partial charge on any atom is -0.465 e. The number of likely N-dealkylation sites (tertiary alicyclic amines) is 1. The maximum atomic E-state index is 13.0. The largest absolute Gasteiger partial charge is 0.465 e. The highest BCUT2D eigenvalue weighted by Crippen LogP contribution is 2.32. The number of amides is 2. The summed E-state index contributed by atoms with van der Waals surface area (Å²) in [6.45, 7) is 0.385. The Balaban J connectivity index is 1.47. The molecule has 2 aromatic heterocycles. The molecule has 1 aliphatic rings. The monoisotopic (exact) mass is 460 g/mol. The molecule has 0 aliphatic carbocycles. The molecule has 2 N–H and O–H groups in total. The van der Waals surface area contributed by atoms with Gasteiger partial charge in [0.05, 0.1) is 24.3 Å². The van der Waals surface area contributed by atoms with Gasteiger partial charge in [0, 0.05) is 25.0 Å². The Morgan fingerprint density at radius 1 is 1.15 bits per heavy atom. The molecule has 0 bridgehead atoms. The molecule has 0 saturated carbocycles. The van der Waals surface area contributed by atoms with E-state index < -0.39 is 35.8 Å². The van der Waals surface area contributed by atoms with Gasteiger partial charge in [-0.05, 0) is 41.8 Å². The van der Waals surface area contributed by atoms with Crippen molar-refractivity contribution in [2.24, 2.45) is 0 Å². The van der Waals surface area contributed by atoms with E-state index in [1.54, 1.807) is 6.20 Å². The van der Waals surface area contributed by atoms with Crippen molar-refractivity contribution in [1.82, 2.24) is 30.2 Å². The molecule has 1 aromatic carbocycles. The standard InChI is InChI=1S/C21H19F3N6O3/c22-21(23,24)15-3-1-2-13(8-15)14-4-5-25-18(9-14)19(31)27-16-10-17(30(11-16)20(32)33)12-29-7-6-26-28-29/h1-9,16-17H,10-12H2,(H,27,31)(H,32,33)/t16-,17+/m1/s1. The molecule has 4 rings (SSSR count). The topological polar surface area (TPSA) is 113 Å². The highest BCUT2D eigenvalue weighted by molar-refractivity contribution is 5.93. The van der Waals surface area contributed by atoms with E-state index in [0.29, 0.717) is 24.1 Å². The third-order valence-electron chi connectivity index (χ3n) is 5.38. The molecular weight excluding hydrogens is 441 g/mol. The van der Waals surface area contributed by atoms with Gasteiger partial charge in [-0.3, -0.25) is 14.5 Å². The van der Waals surface area contributed by atoms with Gasteiger partial charge in [0.15, 0.2) is 0 Å². The van der Waals surface area contributed by atoms with Crippen LogP contribution in [0.2, 0.25) is 0 Å². The van der Waals surface area contributed by atoms with Gasteiger partial charge in [-0.15, -0.1) is 5.10 Å². The number of alkyl halides is 3. The van der Waals surface area contributed by atoms with Crippen LogP contribution < -0.4 is 5.32 Å². The molecule has 1 saturated heterocycles. The van der Waals surface area contributed by atoms with Gasteiger partial charge in [0.25, 0.3) is 5.91 Å². The first kappa shape index (κ1) is 22.2. The zero-order chi connectivity index (χ0) is 23.6. The molecule has 0 spiro atoms. The van der Waals surface area contributed by atoms with Crippen LogP contribution in [-0.2, 0) is 12.7 Å². The van der Waals surface area contributed by atoms with Gasteiger partial charge in [0.2, 0.25) is 0 Å². The molecule has 172 valence electrons. The number of benzene rings is 1. The molecule has 2 atom stereocenters. The molecule has 3 aromatic rings. The number of pyridine rings is 1. The molecule has 33 heavy (non-hydrogen) atoms. The highest BCUT2D eigenvalue weighted by Gasteiger charge is 2.36. The molecule has 1 aliphatic heterocycles. The quantitative estimate of drug-likeness (QED) is 0.605. The summed E-state index contributed by atoms with van der Waals surface area (Å²) in [4.78, 5) is 29.6. The van der Waals surface area contributed by atoms with E-state index in [9.17, 15) is 27.9 Å². The Morgan fingerprint density at radius 3 is 2.64 bits per heavy atom. The first-order chi connectivity index (χ1) is 15.7. The second kappa shape index (κ2) is 8.88. The smallest absolute Gasteiger partial charge is 0.416 e. The maximum absolute atomic E-state index is 13.0. The lowest BCUT2D eigenvalue weighted by molar-refractivity contribution is -0.137. The van der Waals surface area contributed by atoms with Crippen LogP contribution in [0.25, 0.3) is 11.1 Å². The number of carbonyl (C=O) groups is 2. The fourth-order valence-corrected chi connectivity index (χ4v) is 3.84. The number of carbonyl (C=O) groups excluding carboxylic acids is 1. The van der Waals surface area contributed by atoms with Crippen molar-refractivity contribution < 1.29 is 27.9 Å². The Morgan fingerprint density at radius 2 is 1.94 bits per heavy atom. The summed E-state index contributed by atoms with van der Waals surface area (Å²) in [5.74, 6) is -0.541. The molecular formula is C21H19F3N6O3. The van der Waals surface area contributed by atoms with Gasteiger partial charge >= 0.3 is 12.3 Å². The van der Waals surface area contributed by atoms with Crippen LogP contribution in [0, 0.1) is 0 Å². The Bertz CT molecular complexity index is 1150. The van der Waals surface area contributed by atoms with E-state index in [1.165, 1.54) is 46.2 Å². The van der Waals surface area contributed by atoms with Crippen molar-refractivity contribution in [1.29, 1.82) is 0 Å². The number of rotatable bonds is 5. The summed E-state index contributed by atoms with van der Waals surface area (Å²) in [5.41, 5.74) is -0.0662. The van der Waals surface area contributed by atoms with Gasteiger partial charge in [-0.2, -0.15) is 13.2 Å². The number of hydrogen-bond acceptors (Lipinski definition) is 5. The first-order valence-electron chi connectivity index (χ1n) is 9.99. The van der Waals surface area contributed by atoms with Crippen LogP contribution in [0.15, 0.2) is 55.0 Å². The van der Waals surface area contributed by atoms with E-state index in [-0.39, 0.29) is 12.2 Å². The van der Waals surface area contributed by atoms with Crippen molar-refractivity contribution in [2.75, 3.05) is 6.54 Å². The number of carboxylic acid groups (broad SMARTS) is 1. The number of halogens is 3. The summed E-state index contributed by atoms with van der Waals surface area (Å²) in [6.07, 6.45) is -0.773. The van der Waals surface area contributed by atoms with Gasteiger partial charge in [0.1, 0.15) is 5.69 Å². The molecule has 9 nitrogen and oxygen atoms in total. The maximum Gasteiger partial charge on any atom is 0.416 e. The third kappa shape index (κ3) is 5.10. The number of nitrogens with zero attached hydrogens (tertiary/aromatic N) is 5. The van der Waals surface area contributed by atoms with Crippen LogP contribution in [0.3, 0.4) is 0 Å². The predicted molar refractivity (Wildman–Crippen MR) is 109 cm³/mol. The average Bonchev–Trinajstić information content (AvgIpc) is 3.43. The van der Waals surface area contributed by atoms with Gasteiger partial charge in [-0.1, -0.05) is 17.3 Å². The summed E-state index contributed by atoms with van der Waals surface area (Å²) in [7, 11) is 0. The number of nitrogens with one attached hydrogen (secondary N) is 1. The van der Waals surface area contributed by atoms with Crippen molar-refractivity contribution in [3.63, 3.8) is 0 Å². The second-order valence-corrected chi connectivity index (χ2v) is 7.63. The Kier molecular flexibility index (Phi) is 5.99. The van der Waals surface area contributed by atoms with Crippen LogP contribution in [0.5, 0.6) is 0 Å². The predicted octanol–water partition coefficient (Wildman–Crippen LogP) is 2.91. The van der Waals surface area contributed by atoms with Crippen molar-refractivity contribution in [3.8, 4) is 11.1 Å². The fraction of sp³-hybridized carbons (Fsp3) is 0.286. The zero-order valence-corrected chi connectivity index (χ0v) is 17.1. The molecule has 0 radical (unpaired) electrons. The lowest BCUT2D eigenvalue weighted by atomic mass is 10.0. The normalized spacial score (nSPS) is 18.3. The molecule has 1 fully saturated rings. The average molecular weight is 460 g/mol. The van der Waals surface area contributed by atoms with E-state index in [4.69, 9.17) is 0 Å². The summed E-state index contributed by atoms with van der Waals surface area (Å²) in [6, 6.07) is 6.86. The van der Waals surface area contributed by atoms with E-state index >= 15 is 0 Å². The third-order valence-corrected chi connectivity index (χ3v) is 5.38. The van der Waals surface area contributed by atoms with E-state index in [1.807, 2.05) is 0 Å².